The number of rotatable bonds is 2. The van der Waals surface area contributed by atoms with Gasteiger partial charge in [0, 0.05) is 18.2 Å². The van der Waals surface area contributed by atoms with Crippen molar-refractivity contribution in [2.75, 3.05) is 13.2 Å². The molecule has 1 atom stereocenters. The third kappa shape index (κ3) is 3.46. The zero-order valence-electron chi connectivity index (χ0n) is 13.0. The van der Waals surface area contributed by atoms with E-state index in [2.05, 4.69) is 25.7 Å². The second kappa shape index (κ2) is 6.78. The van der Waals surface area contributed by atoms with Crippen LogP contribution in [0.2, 0.25) is 0 Å². The Bertz CT molecular complexity index is 581. The predicted molar refractivity (Wildman–Crippen MR) is 84.0 cm³/mol. The monoisotopic (exact) mass is 285 g/mol. The van der Waals surface area contributed by atoms with Crippen molar-refractivity contribution >= 4 is 5.91 Å². The van der Waals surface area contributed by atoms with Gasteiger partial charge in [-0.05, 0) is 43.4 Å². The van der Waals surface area contributed by atoms with Gasteiger partial charge in [-0.2, -0.15) is 0 Å². The van der Waals surface area contributed by atoms with E-state index in [0.29, 0.717) is 23.1 Å². The minimum atomic E-state index is -0.195. The summed E-state index contributed by atoms with van der Waals surface area (Å²) in [6.07, 6.45) is 2.14. The number of nitrogens with zero attached hydrogens (tertiary/aromatic N) is 1. The van der Waals surface area contributed by atoms with Crippen LogP contribution in [0.25, 0.3) is 0 Å². The summed E-state index contributed by atoms with van der Waals surface area (Å²) in [5, 5.41) is 8.88. The zero-order valence-corrected chi connectivity index (χ0v) is 13.0. The van der Waals surface area contributed by atoms with Gasteiger partial charge in [0.1, 0.15) is 6.61 Å². The molecule has 0 bridgehead atoms. The lowest BCUT2D eigenvalue weighted by Crippen LogP contribution is -2.38. The molecule has 3 heteroatoms. The van der Waals surface area contributed by atoms with Crippen LogP contribution in [0, 0.1) is 24.7 Å². The number of likely N-dealkylation sites (tertiary alicyclic amines) is 1. The summed E-state index contributed by atoms with van der Waals surface area (Å²) in [6.45, 7) is 6.93. The van der Waals surface area contributed by atoms with E-state index >= 15 is 0 Å². The van der Waals surface area contributed by atoms with Crippen LogP contribution >= 0.6 is 0 Å². The number of aliphatic hydroxyl groups is 1. The molecule has 0 aliphatic carbocycles. The van der Waals surface area contributed by atoms with Crippen molar-refractivity contribution in [3.63, 3.8) is 0 Å². The first kappa shape index (κ1) is 15.6. The second-order valence-electron chi connectivity index (χ2n) is 5.96. The molecule has 1 N–H and O–H groups in total. The number of amides is 1. The van der Waals surface area contributed by atoms with E-state index < -0.39 is 0 Å². The maximum Gasteiger partial charge on any atom is 0.255 e. The molecule has 112 valence electrons. The fourth-order valence-corrected chi connectivity index (χ4v) is 2.98. The molecule has 1 aliphatic rings. The fourth-order valence-electron chi connectivity index (χ4n) is 2.98. The summed E-state index contributed by atoms with van der Waals surface area (Å²) < 4.78 is 0. The van der Waals surface area contributed by atoms with Crippen molar-refractivity contribution in [1.82, 2.24) is 4.90 Å². The highest BCUT2D eigenvalue weighted by Crippen LogP contribution is 2.26. The number of hydrogen-bond acceptors (Lipinski definition) is 2. The molecule has 1 aromatic rings. The Morgan fingerprint density at radius 3 is 2.90 bits per heavy atom. The summed E-state index contributed by atoms with van der Waals surface area (Å²) in [6, 6.07) is 6.03. The maximum absolute atomic E-state index is 12.9. The smallest absolute Gasteiger partial charge is 0.255 e. The molecule has 1 unspecified atom stereocenters. The Hall–Kier alpha value is -1.79. The molecule has 21 heavy (non-hydrogen) atoms. The van der Waals surface area contributed by atoms with Crippen LogP contribution < -0.4 is 0 Å². The highest BCUT2D eigenvalue weighted by molar-refractivity contribution is 5.97. The Kier molecular flexibility index (Phi) is 5.03. The molecule has 0 saturated carbocycles. The van der Waals surface area contributed by atoms with E-state index in [1.807, 2.05) is 30.0 Å². The van der Waals surface area contributed by atoms with Crippen molar-refractivity contribution in [1.29, 1.82) is 0 Å². The summed E-state index contributed by atoms with van der Waals surface area (Å²) in [5.41, 5.74) is 2.42. The van der Waals surface area contributed by atoms with E-state index in [4.69, 9.17) is 5.11 Å². The van der Waals surface area contributed by atoms with Gasteiger partial charge in [-0.1, -0.05) is 31.8 Å². The molecule has 0 aromatic heterocycles. The predicted octanol–water partition coefficient (Wildman–Crippen LogP) is 2.60. The minimum Gasteiger partial charge on any atom is -0.384 e. The zero-order chi connectivity index (χ0) is 15.4. The number of aryl methyl sites for hydroxylation is 1. The van der Waals surface area contributed by atoms with Crippen molar-refractivity contribution < 1.29 is 9.90 Å². The number of carbonyl (C=O) groups is 1. The van der Waals surface area contributed by atoms with Crippen LogP contribution in [-0.2, 0) is 0 Å². The maximum atomic E-state index is 12.9. The lowest BCUT2D eigenvalue weighted by molar-refractivity contribution is 0.0701. The van der Waals surface area contributed by atoms with E-state index in [1.54, 1.807) is 0 Å². The van der Waals surface area contributed by atoms with E-state index in [1.165, 1.54) is 0 Å². The molecule has 1 amide bonds. The average molecular weight is 285 g/mol. The molecule has 3 nitrogen and oxygen atoms in total. The molecule has 1 aromatic carbocycles. The summed E-state index contributed by atoms with van der Waals surface area (Å²) in [7, 11) is 0. The van der Waals surface area contributed by atoms with Crippen LogP contribution in [0.5, 0.6) is 0 Å². The normalized spacial score (nSPS) is 17.8. The quantitative estimate of drug-likeness (QED) is 0.849. The first-order valence-electron chi connectivity index (χ1n) is 7.56. The molecule has 1 saturated heterocycles. The Morgan fingerprint density at radius 2 is 2.24 bits per heavy atom. The Morgan fingerprint density at radius 1 is 1.48 bits per heavy atom. The molecule has 0 radical (unpaired) electrons. The Balaban J connectivity index is 2.34. The topological polar surface area (TPSA) is 40.5 Å². The van der Waals surface area contributed by atoms with Crippen molar-refractivity contribution in [2.45, 2.75) is 39.7 Å². The van der Waals surface area contributed by atoms with Crippen LogP contribution in [-0.4, -0.2) is 35.1 Å². The average Bonchev–Trinajstić information content (AvgIpc) is 2.94. The van der Waals surface area contributed by atoms with E-state index in [0.717, 1.165) is 24.9 Å². The summed E-state index contributed by atoms with van der Waals surface area (Å²) in [4.78, 5) is 14.8. The SMILES string of the molecule is Cc1ccc(C(=O)N2CCCC2C(C)C)c(C#CCO)c1. The van der Waals surface area contributed by atoms with Gasteiger partial charge in [-0.15, -0.1) is 0 Å². The largest absolute Gasteiger partial charge is 0.384 e. The first-order valence-corrected chi connectivity index (χ1v) is 7.56. The fraction of sp³-hybridized carbons (Fsp3) is 0.500. The molecular formula is C18H23NO2. The standard InChI is InChI=1S/C18H23NO2/c1-13(2)17-7-4-10-19(17)18(21)16-9-8-14(3)12-15(16)6-5-11-20/h8-9,12-13,17,20H,4,7,10-11H2,1-3H3. The molecule has 1 fully saturated rings. The Labute approximate surface area is 127 Å². The number of carbonyl (C=O) groups excluding carboxylic acids is 1. The number of hydrogen-bond donors (Lipinski definition) is 1. The third-order valence-electron chi connectivity index (χ3n) is 4.04. The number of aliphatic hydroxyl groups excluding tert-OH is 1. The highest BCUT2D eigenvalue weighted by atomic mass is 16.2. The van der Waals surface area contributed by atoms with Crippen LogP contribution in [0.15, 0.2) is 18.2 Å². The highest BCUT2D eigenvalue weighted by Gasteiger charge is 2.32. The number of benzene rings is 1. The summed E-state index contributed by atoms with van der Waals surface area (Å²) >= 11 is 0. The van der Waals surface area contributed by atoms with Crippen molar-refractivity contribution in [2.24, 2.45) is 5.92 Å². The van der Waals surface area contributed by atoms with Gasteiger partial charge in [0.25, 0.3) is 5.91 Å². The first-order chi connectivity index (χ1) is 10.0. The molecule has 0 spiro atoms. The van der Waals surface area contributed by atoms with Gasteiger partial charge in [-0.3, -0.25) is 4.79 Å². The van der Waals surface area contributed by atoms with Crippen molar-refractivity contribution in [3.05, 3.63) is 34.9 Å². The van der Waals surface area contributed by atoms with E-state index in [-0.39, 0.29) is 12.5 Å². The van der Waals surface area contributed by atoms with Gasteiger partial charge >= 0.3 is 0 Å². The van der Waals surface area contributed by atoms with Crippen LogP contribution in [0.1, 0.15) is 48.2 Å². The van der Waals surface area contributed by atoms with Gasteiger partial charge in [0.2, 0.25) is 0 Å². The van der Waals surface area contributed by atoms with Crippen LogP contribution in [0.4, 0.5) is 0 Å². The van der Waals surface area contributed by atoms with E-state index in [9.17, 15) is 4.79 Å². The molecule has 2 rings (SSSR count). The lowest BCUT2D eigenvalue weighted by Gasteiger charge is -2.28. The van der Waals surface area contributed by atoms with Gasteiger partial charge in [0.15, 0.2) is 0 Å². The van der Waals surface area contributed by atoms with Crippen LogP contribution in [0.3, 0.4) is 0 Å². The summed E-state index contributed by atoms with van der Waals surface area (Å²) in [5.74, 6) is 6.08. The molecule has 1 heterocycles. The minimum absolute atomic E-state index is 0.0634. The molecule has 1 aliphatic heterocycles. The lowest BCUT2D eigenvalue weighted by atomic mass is 9.99. The van der Waals surface area contributed by atoms with Gasteiger partial charge in [-0.25, -0.2) is 0 Å². The molecular weight excluding hydrogens is 262 g/mol. The van der Waals surface area contributed by atoms with Gasteiger partial charge < -0.3 is 10.0 Å². The second-order valence-corrected chi connectivity index (χ2v) is 5.96. The van der Waals surface area contributed by atoms with Crippen molar-refractivity contribution in [3.8, 4) is 11.8 Å². The van der Waals surface area contributed by atoms with Gasteiger partial charge in [0.05, 0.1) is 5.56 Å². The third-order valence-corrected chi connectivity index (χ3v) is 4.04.